The summed E-state index contributed by atoms with van der Waals surface area (Å²) >= 11 is 4.90. The number of hydrogen-bond donors (Lipinski definition) is 3. The molecule has 0 radical (unpaired) electrons. The summed E-state index contributed by atoms with van der Waals surface area (Å²) in [6.45, 7) is 1.61. The molecule has 1 aromatic rings. The Hall–Kier alpha value is -1.27. The number of aromatic carboxylic acids is 1. The molecular weight excluding hydrogens is 214 g/mol. The van der Waals surface area contributed by atoms with Crippen LogP contribution in [0.25, 0.3) is 0 Å². The number of carbonyl (C=O) groups is 1. The molecule has 0 spiro atoms. The molecule has 1 aromatic heterocycles. The fourth-order valence-corrected chi connectivity index (χ4v) is 1.97. The SMILES string of the molecule is O=C(O)c1nc(=S)[nH]c2c1CCNCC2. The van der Waals surface area contributed by atoms with Crippen LogP contribution in [0.15, 0.2) is 0 Å². The lowest BCUT2D eigenvalue weighted by Crippen LogP contribution is -2.16. The number of aromatic amines is 1. The van der Waals surface area contributed by atoms with Crippen LogP contribution < -0.4 is 5.32 Å². The van der Waals surface area contributed by atoms with E-state index < -0.39 is 5.97 Å². The first kappa shape index (κ1) is 10.3. The van der Waals surface area contributed by atoms with Crippen LogP contribution >= 0.6 is 12.2 Å². The highest BCUT2D eigenvalue weighted by Gasteiger charge is 2.18. The molecule has 0 fully saturated rings. The van der Waals surface area contributed by atoms with E-state index in [0.29, 0.717) is 6.42 Å². The van der Waals surface area contributed by atoms with E-state index in [4.69, 9.17) is 17.3 Å². The highest BCUT2D eigenvalue weighted by atomic mass is 32.1. The Morgan fingerprint density at radius 3 is 2.87 bits per heavy atom. The van der Waals surface area contributed by atoms with Crippen molar-refractivity contribution in [2.24, 2.45) is 0 Å². The number of H-pyrrole nitrogens is 1. The quantitative estimate of drug-likeness (QED) is 0.607. The zero-order valence-electron chi connectivity index (χ0n) is 8.04. The molecule has 0 amide bonds. The van der Waals surface area contributed by atoms with Gasteiger partial charge in [0, 0.05) is 24.2 Å². The molecule has 0 atom stereocenters. The number of hydrogen-bond acceptors (Lipinski definition) is 4. The highest BCUT2D eigenvalue weighted by Crippen LogP contribution is 2.14. The summed E-state index contributed by atoms with van der Waals surface area (Å²) in [7, 11) is 0. The summed E-state index contributed by atoms with van der Waals surface area (Å²) in [5.74, 6) is -1.01. The van der Waals surface area contributed by atoms with Crippen molar-refractivity contribution in [3.8, 4) is 0 Å². The lowest BCUT2D eigenvalue weighted by molar-refractivity contribution is 0.0688. The van der Waals surface area contributed by atoms with E-state index in [1.165, 1.54) is 0 Å². The number of aromatic nitrogens is 2. The Kier molecular flexibility index (Phi) is 2.79. The van der Waals surface area contributed by atoms with E-state index in [-0.39, 0.29) is 10.5 Å². The lowest BCUT2D eigenvalue weighted by Gasteiger charge is -2.07. The lowest BCUT2D eigenvalue weighted by atomic mass is 10.1. The van der Waals surface area contributed by atoms with Crippen LogP contribution in [0.1, 0.15) is 21.7 Å². The predicted molar refractivity (Wildman–Crippen MR) is 56.7 cm³/mol. The van der Waals surface area contributed by atoms with E-state index in [1.807, 2.05) is 0 Å². The van der Waals surface area contributed by atoms with Gasteiger partial charge in [0.25, 0.3) is 0 Å². The minimum Gasteiger partial charge on any atom is -0.476 e. The number of carboxylic acid groups (broad SMARTS) is 1. The molecule has 2 rings (SSSR count). The Bertz CT molecular complexity index is 455. The number of rotatable bonds is 1. The summed E-state index contributed by atoms with van der Waals surface area (Å²) in [6, 6.07) is 0. The molecular formula is C9H11N3O2S. The van der Waals surface area contributed by atoms with E-state index in [0.717, 1.165) is 30.8 Å². The largest absolute Gasteiger partial charge is 0.476 e. The van der Waals surface area contributed by atoms with Crippen molar-refractivity contribution in [1.82, 2.24) is 15.3 Å². The maximum Gasteiger partial charge on any atom is 0.354 e. The van der Waals surface area contributed by atoms with Gasteiger partial charge in [0.15, 0.2) is 10.5 Å². The van der Waals surface area contributed by atoms with Crippen LogP contribution in [-0.2, 0) is 12.8 Å². The molecule has 0 saturated heterocycles. The maximum absolute atomic E-state index is 11.0. The first-order valence-electron chi connectivity index (χ1n) is 4.74. The molecule has 1 aliphatic heterocycles. The summed E-state index contributed by atoms with van der Waals surface area (Å²) in [4.78, 5) is 17.8. The van der Waals surface area contributed by atoms with Gasteiger partial charge in [-0.2, -0.15) is 0 Å². The standard InChI is InChI=1S/C9H11N3O2S/c13-8(14)7-5-1-3-10-4-2-6(5)11-9(15)12-7/h10H,1-4H2,(H,13,14)(H,11,12,15). The molecule has 15 heavy (non-hydrogen) atoms. The third-order valence-corrected chi connectivity index (χ3v) is 2.62. The molecule has 2 heterocycles. The number of nitrogens with zero attached hydrogens (tertiary/aromatic N) is 1. The minimum absolute atomic E-state index is 0.0949. The second kappa shape index (κ2) is 4.08. The average molecular weight is 225 g/mol. The molecule has 0 saturated carbocycles. The second-order valence-electron chi connectivity index (χ2n) is 3.40. The third kappa shape index (κ3) is 2.05. The van der Waals surface area contributed by atoms with Crippen LogP contribution in [0.5, 0.6) is 0 Å². The second-order valence-corrected chi connectivity index (χ2v) is 3.79. The Morgan fingerprint density at radius 1 is 1.40 bits per heavy atom. The van der Waals surface area contributed by atoms with Crippen molar-refractivity contribution in [3.05, 3.63) is 21.7 Å². The average Bonchev–Trinajstić information content (AvgIpc) is 2.41. The summed E-state index contributed by atoms with van der Waals surface area (Å²) in [5.41, 5.74) is 1.77. The van der Waals surface area contributed by atoms with Gasteiger partial charge in [-0.25, -0.2) is 9.78 Å². The minimum atomic E-state index is -1.01. The summed E-state index contributed by atoms with van der Waals surface area (Å²) in [6.07, 6.45) is 1.44. The number of nitrogens with one attached hydrogen (secondary N) is 2. The van der Waals surface area contributed by atoms with Gasteiger partial charge in [-0.15, -0.1) is 0 Å². The zero-order valence-corrected chi connectivity index (χ0v) is 8.86. The molecule has 0 aromatic carbocycles. The Balaban J connectivity index is 2.59. The third-order valence-electron chi connectivity index (χ3n) is 2.43. The first-order chi connectivity index (χ1) is 7.18. The van der Waals surface area contributed by atoms with Gasteiger partial charge in [0.05, 0.1) is 0 Å². The van der Waals surface area contributed by atoms with Crippen LogP contribution in [-0.4, -0.2) is 34.1 Å². The van der Waals surface area contributed by atoms with E-state index >= 15 is 0 Å². The van der Waals surface area contributed by atoms with Gasteiger partial charge in [-0.05, 0) is 25.2 Å². The van der Waals surface area contributed by atoms with Gasteiger partial charge in [-0.1, -0.05) is 0 Å². The molecule has 80 valence electrons. The Labute approximate surface area is 91.6 Å². The van der Waals surface area contributed by atoms with Gasteiger partial charge in [0.2, 0.25) is 0 Å². The van der Waals surface area contributed by atoms with Crippen LogP contribution in [0.4, 0.5) is 0 Å². The molecule has 5 nitrogen and oxygen atoms in total. The highest BCUT2D eigenvalue weighted by molar-refractivity contribution is 7.71. The van der Waals surface area contributed by atoms with Crippen molar-refractivity contribution >= 4 is 18.2 Å². The Morgan fingerprint density at radius 2 is 2.13 bits per heavy atom. The summed E-state index contributed by atoms with van der Waals surface area (Å²) < 4.78 is 0.244. The molecule has 3 N–H and O–H groups in total. The topological polar surface area (TPSA) is 78.0 Å². The molecule has 0 bridgehead atoms. The van der Waals surface area contributed by atoms with Gasteiger partial charge < -0.3 is 15.4 Å². The number of fused-ring (bicyclic) bond motifs is 1. The maximum atomic E-state index is 11.0. The monoisotopic (exact) mass is 225 g/mol. The molecule has 0 unspecified atom stereocenters. The van der Waals surface area contributed by atoms with Crippen molar-refractivity contribution in [2.75, 3.05) is 13.1 Å². The fourth-order valence-electron chi connectivity index (χ4n) is 1.76. The van der Waals surface area contributed by atoms with E-state index in [9.17, 15) is 4.79 Å². The van der Waals surface area contributed by atoms with E-state index in [2.05, 4.69) is 15.3 Å². The van der Waals surface area contributed by atoms with Gasteiger partial charge in [0.1, 0.15) is 0 Å². The van der Waals surface area contributed by atoms with Crippen LogP contribution in [0, 0.1) is 4.77 Å². The first-order valence-corrected chi connectivity index (χ1v) is 5.15. The predicted octanol–water partition coefficient (Wildman–Crippen LogP) is 0.526. The van der Waals surface area contributed by atoms with Crippen molar-refractivity contribution < 1.29 is 9.90 Å². The smallest absolute Gasteiger partial charge is 0.354 e. The number of carboxylic acids is 1. The normalized spacial score (nSPS) is 15.5. The van der Waals surface area contributed by atoms with Crippen LogP contribution in [0.3, 0.4) is 0 Å². The molecule has 6 heteroatoms. The van der Waals surface area contributed by atoms with Crippen molar-refractivity contribution in [2.45, 2.75) is 12.8 Å². The molecule has 0 aliphatic carbocycles. The van der Waals surface area contributed by atoms with Gasteiger partial charge >= 0.3 is 5.97 Å². The van der Waals surface area contributed by atoms with E-state index in [1.54, 1.807) is 0 Å². The fraction of sp³-hybridized carbons (Fsp3) is 0.444. The van der Waals surface area contributed by atoms with Crippen molar-refractivity contribution in [1.29, 1.82) is 0 Å². The van der Waals surface area contributed by atoms with Crippen LogP contribution in [0.2, 0.25) is 0 Å². The summed E-state index contributed by atoms with van der Waals surface area (Å²) in [5, 5.41) is 12.2. The van der Waals surface area contributed by atoms with Crippen molar-refractivity contribution in [3.63, 3.8) is 0 Å². The molecule has 1 aliphatic rings. The van der Waals surface area contributed by atoms with Gasteiger partial charge in [-0.3, -0.25) is 0 Å². The zero-order chi connectivity index (χ0) is 10.8.